The molecule has 0 unspecified atom stereocenters. The van der Waals surface area contributed by atoms with Crippen molar-refractivity contribution in [3.63, 3.8) is 0 Å². The number of amides is 1. The van der Waals surface area contributed by atoms with Gasteiger partial charge in [-0.15, -0.1) is 0 Å². The van der Waals surface area contributed by atoms with Gasteiger partial charge in [0.2, 0.25) is 5.91 Å². The van der Waals surface area contributed by atoms with Crippen LogP contribution >= 0.6 is 0 Å². The molecular weight excluding hydrogens is 566 g/mol. The highest BCUT2D eigenvalue weighted by Gasteiger charge is 2.72. The molecule has 8 atom stereocenters. The molecule has 1 saturated carbocycles. The summed E-state index contributed by atoms with van der Waals surface area (Å²) >= 11 is 0. The van der Waals surface area contributed by atoms with Crippen LogP contribution in [0.5, 0.6) is 5.75 Å². The van der Waals surface area contributed by atoms with Crippen molar-refractivity contribution in [1.29, 1.82) is 0 Å². The van der Waals surface area contributed by atoms with E-state index in [-0.39, 0.29) is 32.1 Å². The number of carbonyl (C=O) groups is 2. The van der Waals surface area contributed by atoms with E-state index in [4.69, 9.17) is 28.4 Å². The minimum atomic E-state index is -1.35. The molecular formula is C34H37NO9. The smallest absolute Gasteiger partial charge is 0.306 e. The zero-order valence-corrected chi connectivity index (χ0v) is 24.7. The van der Waals surface area contributed by atoms with E-state index in [9.17, 15) is 14.7 Å². The first kappa shape index (κ1) is 30.2. The quantitative estimate of drug-likeness (QED) is 0.318. The fraction of sp³-hybridized carbons (Fsp3) is 0.412. The zero-order valence-electron chi connectivity index (χ0n) is 24.7. The van der Waals surface area contributed by atoms with Crippen molar-refractivity contribution < 1.29 is 43.1 Å². The molecule has 2 saturated heterocycles. The third-order valence-electron chi connectivity index (χ3n) is 8.63. The van der Waals surface area contributed by atoms with E-state index < -0.39 is 54.2 Å². The molecule has 2 N–H and O–H groups in total. The molecule has 0 aromatic heterocycles. The number of carbonyl (C=O) groups excluding carboxylic acids is 2. The van der Waals surface area contributed by atoms with Crippen LogP contribution in [-0.2, 0) is 53.1 Å². The van der Waals surface area contributed by atoms with Gasteiger partial charge in [0.1, 0.15) is 41.8 Å². The van der Waals surface area contributed by atoms with Gasteiger partial charge in [-0.25, -0.2) is 0 Å². The van der Waals surface area contributed by atoms with E-state index in [2.05, 4.69) is 5.32 Å². The Morgan fingerprint density at radius 1 is 0.841 bits per heavy atom. The van der Waals surface area contributed by atoms with Crippen LogP contribution in [-0.4, -0.2) is 66.4 Å². The number of esters is 1. The van der Waals surface area contributed by atoms with Gasteiger partial charge in [-0.05, 0) is 28.8 Å². The van der Waals surface area contributed by atoms with E-state index in [1.165, 1.54) is 6.92 Å². The number of ether oxygens (including phenoxy) is 6. The van der Waals surface area contributed by atoms with Crippen molar-refractivity contribution >= 4 is 11.9 Å². The van der Waals surface area contributed by atoms with E-state index in [0.29, 0.717) is 5.75 Å². The predicted molar refractivity (Wildman–Crippen MR) is 157 cm³/mol. The SMILES string of the molecule is COc1ccc(CO[C@H]2O[C@@H]3[C@@H](O)[C@H]4OC(=O)C[C@@H]4[C@](NC(C)=O)([C@@H]2OCc2ccccc2)[C@@H]3OCc2ccccc2)cc1. The molecule has 2 heterocycles. The van der Waals surface area contributed by atoms with Crippen molar-refractivity contribution in [2.45, 2.75) is 75.5 Å². The minimum absolute atomic E-state index is 0.0453. The number of methoxy groups -OCH3 is 1. The van der Waals surface area contributed by atoms with Crippen LogP contribution < -0.4 is 10.1 Å². The Morgan fingerprint density at radius 2 is 1.41 bits per heavy atom. The van der Waals surface area contributed by atoms with Crippen molar-refractivity contribution in [2.24, 2.45) is 5.92 Å². The molecule has 3 aromatic rings. The molecule has 6 rings (SSSR count). The average Bonchev–Trinajstić information content (AvgIpc) is 3.44. The van der Waals surface area contributed by atoms with Gasteiger partial charge in [-0.2, -0.15) is 0 Å². The monoisotopic (exact) mass is 603 g/mol. The zero-order chi connectivity index (χ0) is 30.7. The number of nitrogens with one attached hydrogen (secondary N) is 1. The molecule has 1 aliphatic carbocycles. The standard InChI is InChI=1S/C34H37NO9/c1-21(36)35-34-26-17-27(37)43-29(26)28(38)30(31(34)40-18-22-9-5-3-6-10-22)44-33(32(34)41-19-23-11-7-4-8-12-23)42-20-24-13-15-25(39-2)16-14-24/h3-16,26,28-33,38H,17-20H2,1-2H3,(H,35,36)/t26-,28-,29-,30+,31+,32+,33-,34+/m0/s1. The van der Waals surface area contributed by atoms with Gasteiger partial charge in [0.05, 0.1) is 33.4 Å². The highest BCUT2D eigenvalue weighted by atomic mass is 16.7. The first-order chi connectivity index (χ1) is 21.4. The van der Waals surface area contributed by atoms with Crippen LogP contribution in [0.25, 0.3) is 0 Å². The predicted octanol–water partition coefficient (Wildman–Crippen LogP) is 3.29. The van der Waals surface area contributed by atoms with E-state index >= 15 is 0 Å². The molecule has 3 fully saturated rings. The van der Waals surface area contributed by atoms with Gasteiger partial charge in [-0.1, -0.05) is 72.8 Å². The molecule has 0 radical (unpaired) electrons. The summed E-state index contributed by atoms with van der Waals surface area (Å²) in [6.45, 7) is 1.91. The van der Waals surface area contributed by atoms with Gasteiger partial charge in [-0.3, -0.25) is 9.59 Å². The van der Waals surface area contributed by atoms with Crippen LogP contribution in [0.4, 0.5) is 0 Å². The lowest BCUT2D eigenvalue weighted by atomic mass is 9.61. The first-order valence-electron chi connectivity index (χ1n) is 14.8. The summed E-state index contributed by atoms with van der Waals surface area (Å²) in [5.41, 5.74) is 1.30. The normalized spacial score (nSPS) is 30.7. The lowest BCUT2D eigenvalue weighted by Gasteiger charge is -2.61. The third kappa shape index (κ3) is 5.96. The molecule has 3 aliphatic rings. The third-order valence-corrected chi connectivity index (χ3v) is 8.63. The summed E-state index contributed by atoms with van der Waals surface area (Å²) in [5.74, 6) is -0.793. The summed E-state index contributed by atoms with van der Waals surface area (Å²) in [4.78, 5) is 25.8. The minimum Gasteiger partial charge on any atom is -0.497 e. The summed E-state index contributed by atoms with van der Waals surface area (Å²) in [6.07, 6.45) is -6.10. The lowest BCUT2D eigenvalue weighted by Crippen LogP contribution is -2.83. The first-order valence-corrected chi connectivity index (χ1v) is 14.8. The Bertz CT molecular complexity index is 1420. The number of hydrogen-bond donors (Lipinski definition) is 2. The van der Waals surface area contributed by atoms with Gasteiger partial charge in [0, 0.05) is 12.8 Å². The van der Waals surface area contributed by atoms with Gasteiger partial charge < -0.3 is 38.8 Å². The van der Waals surface area contributed by atoms with Crippen LogP contribution in [0.1, 0.15) is 30.0 Å². The number of benzene rings is 3. The number of aliphatic hydroxyl groups is 1. The molecule has 0 spiro atoms. The Morgan fingerprint density at radius 3 is 2.00 bits per heavy atom. The highest BCUT2D eigenvalue weighted by molar-refractivity contribution is 5.76. The Kier molecular flexibility index (Phi) is 8.97. The maximum absolute atomic E-state index is 13.0. The second-order valence-electron chi connectivity index (χ2n) is 11.4. The van der Waals surface area contributed by atoms with Crippen molar-refractivity contribution in [3.05, 3.63) is 102 Å². The Balaban J connectivity index is 1.40. The summed E-state index contributed by atoms with van der Waals surface area (Å²) < 4.78 is 37.0. The lowest BCUT2D eigenvalue weighted by molar-refractivity contribution is -0.358. The molecule has 10 heteroatoms. The fourth-order valence-electron chi connectivity index (χ4n) is 6.69. The topological polar surface area (TPSA) is 122 Å². The summed E-state index contributed by atoms with van der Waals surface area (Å²) in [5, 5.41) is 14.7. The van der Waals surface area contributed by atoms with Crippen molar-refractivity contribution in [2.75, 3.05) is 7.11 Å². The van der Waals surface area contributed by atoms with Gasteiger partial charge in [0.15, 0.2) is 6.29 Å². The average molecular weight is 604 g/mol. The number of aliphatic hydroxyl groups excluding tert-OH is 1. The second-order valence-corrected chi connectivity index (χ2v) is 11.4. The van der Waals surface area contributed by atoms with E-state index in [0.717, 1.165) is 16.7 Å². The van der Waals surface area contributed by atoms with Gasteiger partial charge in [0.25, 0.3) is 0 Å². The number of rotatable bonds is 11. The van der Waals surface area contributed by atoms with E-state index in [1.54, 1.807) is 7.11 Å². The van der Waals surface area contributed by atoms with Crippen LogP contribution in [0.15, 0.2) is 84.9 Å². The second kappa shape index (κ2) is 13.1. The Hall–Kier alpha value is -3.80. The van der Waals surface area contributed by atoms with Crippen LogP contribution in [0.3, 0.4) is 0 Å². The maximum atomic E-state index is 13.0. The summed E-state index contributed by atoms with van der Waals surface area (Å²) in [7, 11) is 1.60. The molecule has 232 valence electrons. The van der Waals surface area contributed by atoms with Crippen LogP contribution in [0.2, 0.25) is 0 Å². The summed E-state index contributed by atoms with van der Waals surface area (Å²) in [6, 6.07) is 26.6. The molecule has 3 aromatic carbocycles. The van der Waals surface area contributed by atoms with Gasteiger partial charge >= 0.3 is 5.97 Å². The molecule has 1 amide bonds. The maximum Gasteiger partial charge on any atom is 0.306 e. The molecule has 44 heavy (non-hydrogen) atoms. The number of hydrogen-bond acceptors (Lipinski definition) is 9. The van der Waals surface area contributed by atoms with Crippen molar-refractivity contribution in [3.8, 4) is 5.75 Å². The van der Waals surface area contributed by atoms with Crippen molar-refractivity contribution in [1.82, 2.24) is 5.32 Å². The fourth-order valence-corrected chi connectivity index (χ4v) is 6.69. The number of fused-ring (bicyclic) bond motifs is 4. The van der Waals surface area contributed by atoms with E-state index in [1.807, 2.05) is 84.9 Å². The Labute approximate surface area is 256 Å². The molecule has 2 bridgehead atoms. The molecule has 10 nitrogen and oxygen atoms in total. The van der Waals surface area contributed by atoms with Crippen LogP contribution in [0, 0.1) is 5.92 Å². The highest BCUT2D eigenvalue weighted by Crippen LogP contribution is 2.51. The molecule has 2 aliphatic heterocycles. The largest absolute Gasteiger partial charge is 0.497 e.